The number of ether oxygens (including phenoxy) is 2. The molecule has 3 aromatic carbocycles. The van der Waals surface area contributed by atoms with Gasteiger partial charge in [0.15, 0.2) is 6.61 Å². The molecule has 3 aromatic rings. The molecular formula is C24H24N4O6S. The Balaban J connectivity index is 1.71. The lowest BCUT2D eigenvalue weighted by molar-refractivity contribution is -0.120. The van der Waals surface area contributed by atoms with Crippen molar-refractivity contribution in [3.63, 3.8) is 0 Å². The summed E-state index contributed by atoms with van der Waals surface area (Å²) in [4.78, 5) is 23.4. The summed E-state index contributed by atoms with van der Waals surface area (Å²) in [6.07, 6.45) is 1.39. The molecule has 182 valence electrons. The number of carbonyl (C=O) groups is 2. The Kier molecular flexibility index (Phi) is 8.41. The third-order valence-electron chi connectivity index (χ3n) is 4.64. The van der Waals surface area contributed by atoms with Gasteiger partial charge in [-0.2, -0.15) is 5.10 Å². The van der Waals surface area contributed by atoms with E-state index < -0.39 is 28.4 Å². The molecule has 3 N–H and O–H groups in total. The number of methoxy groups -OCH3 is 1. The van der Waals surface area contributed by atoms with Gasteiger partial charge >= 0.3 is 0 Å². The van der Waals surface area contributed by atoms with Crippen LogP contribution in [-0.4, -0.2) is 46.7 Å². The highest BCUT2D eigenvalue weighted by molar-refractivity contribution is 7.92. The van der Waals surface area contributed by atoms with E-state index in [1.807, 2.05) is 0 Å². The Labute approximate surface area is 203 Å². The molecule has 0 atom stereocenters. The van der Waals surface area contributed by atoms with Crippen LogP contribution in [0.15, 0.2) is 88.9 Å². The number of amides is 2. The van der Waals surface area contributed by atoms with E-state index >= 15 is 0 Å². The van der Waals surface area contributed by atoms with Crippen molar-refractivity contribution in [2.75, 3.05) is 24.6 Å². The number of hydrazone groups is 1. The number of para-hydroxylation sites is 1. The fraction of sp³-hybridized carbons (Fsp3) is 0.125. The molecule has 0 spiro atoms. The molecule has 10 nitrogen and oxygen atoms in total. The predicted octanol–water partition coefficient (Wildman–Crippen LogP) is 1.90. The zero-order chi connectivity index (χ0) is 25.3. The fourth-order valence-electron chi connectivity index (χ4n) is 2.93. The molecule has 0 aliphatic heterocycles. The largest absolute Gasteiger partial charge is 0.497 e. The van der Waals surface area contributed by atoms with E-state index in [2.05, 4.69) is 10.5 Å². The minimum Gasteiger partial charge on any atom is -0.497 e. The molecule has 0 fully saturated rings. The number of benzene rings is 3. The second kappa shape index (κ2) is 11.7. The van der Waals surface area contributed by atoms with E-state index in [0.717, 1.165) is 4.31 Å². The Morgan fingerprint density at radius 1 is 0.971 bits per heavy atom. The van der Waals surface area contributed by atoms with E-state index in [1.165, 1.54) is 37.6 Å². The molecule has 0 heterocycles. The highest BCUT2D eigenvalue weighted by Gasteiger charge is 2.27. The van der Waals surface area contributed by atoms with Crippen molar-refractivity contribution in [3.05, 3.63) is 84.4 Å². The van der Waals surface area contributed by atoms with Crippen LogP contribution >= 0.6 is 0 Å². The number of rotatable bonds is 11. The average molecular weight is 497 g/mol. The summed E-state index contributed by atoms with van der Waals surface area (Å²) in [6, 6.07) is 20.7. The topological polar surface area (TPSA) is 140 Å². The van der Waals surface area contributed by atoms with Crippen LogP contribution in [0.4, 0.5) is 5.69 Å². The first-order chi connectivity index (χ1) is 16.8. The van der Waals surface area contributed by atoms with Crippen LogP contribution in [0.2, 0.25) is 0 Å². The van der Waals surface area contributed by atoms with Gasteiger partial charge < -0.3 is 15.2 Å². The number of hydrogen-bond acceptors (Lipinski definition) is 7. The van der Waals surface area contributed by atoms with Crippen molar-refractivity contribution in [2.45, 2.75) is 4.90 Å². The molecule has 0 aliphatic carbocycles. The van der Waals surface area contributed by atoms with Gasteiger partial charge in [-0.1, -0.05) is 18.2 Å². The molecule has 35 heavy (non-hydrogen) atoms. The van der Waals surface area contributed by atoms with Crippen molar-refractivity contribution in [2.24, 2.45) is 10.8 Å². The highest BCUT2D eigenvalue weighted by atomic mass is 32.2. The summed E-state index contributed by atoms with van der Waals surface area (Å²) in [6.45, 7) is -0.726. The Hall–Kier alpha value is -4.38. The third kappa shape index (κ3) is 7.05. The lowest BCUT2D eigenvalue weighted by Crippen LogP contribution is -2.39. The highest BCUT2D eigenvalue weighted by Crippen LogP contribution is 2.24. The van der Waals surface area contributed by atoms with Crippen molar-refractivity contribution < 1.29 is 27.5 Å². The first kappa shape index (κ1) is 25.2. The van der Waals surface area contributed by atoms with Gasteiger partial charge in [0.2, 0.25) is 0 Å². The van der Waals surface area contributed by atoms with E-state index in [0.29, 0.717) is 22.7 Å². The van der Waals surface area contributed by atoms with E-state index in [4.69, 9.17) is 15.2 Å². The second-order valence-corrected chi connectivity index (χ2v) is 9.00. The van der Waals surface area contributed by atoms with Crippen LogP contribution in [0.25, 0.3) is 0 Å². The van der Waals surface area contributed by atoms with Crippen LogP contribution in [0, 0.1) is 0 Å². The Morgan fingerprint density at radius 3 is 2.20 bits per heavy atom. The SMILES string of the molecule is COc1ccc(S(=O)(=O)N(CC(=O)NN=Cc2ccc(OCC(N)=O)cc2)c2ccccc2)cc1. The predicted molar refractivity (Wildman–Crippen MR) is 131 cm³/mol. The van der Waals surface area contributed by atoms with Crippen molar-refractivity contribution in [1.29, 1.82) is 0 Å². The van der Waals surface area contributed by atoms with Gasteiger partial charge in [-0.15, -0.1) is 0 Å². The zero-order valence-electron chi connectivity index (χ0n) is 18.8. The quantitative estimate of drug-likeness (QED) is 0.307. The maximum absolute atomic E-state index is 13.3. The Morgan fingerprint density at radius 2 is 1.60 bits per heavy atom. The number of carbonyl (C=O) groups excluding carboxylic acids is 2. The minimum atomic E-state index is -4.05. The van der Waals surface area contributed by atoms with E-state index in [9.17, 15) is 18.0 Å². The number of hydrogen-bond donors (Lipinski definition) is 2. The van der Waals surface area contributed by atoms with Gasteiger partial charge in [-0.3, -0.25) is 13.9 Å². The minimum absolute atomic E-state index is 0.0112. The number of nitrogens with two attached hydrogens (primary N) is 1. The summed E-state index contributed by atoms with van der Waals surface area (Å²) in [5.41, 5.74) is 8.34. The average Bonchev–Trinajstić information content (AvgIpc) is 2.87. The molecule has 0 bridgehead atoms. The number of anilines is 1. The lowest BCUT2D eigenvalue weighted by atomic mass is 10.2. The first-order valence-corrected chi connectivity index (χ1v) is 11.8. The standard InChI is InChI=1S/C24H24N4O6S/c1-33-20-11-13-22(14-12-20)35(31,32)28(19-5-3-2-4-6-19)16-24(30)27-26-15-18-7-9-21(10-8-18)34-17-23(25)29/h2-15H,16-17H2,1H3,(H2,25,29)(H,27,30). The summed E-state index contributed by atoms with van der Waals surface area (Å²) < 4.78 is 37.9. The van der Waals surface area contributed by atoms with Gasteiger partial charge in [-0.25, -0.2) is 13.8 Å². The summed E-state index contributed by atoms with van der Waals surface area (Å²) in [5, 5.41) is 3.89. The second-order valence-electron chi connectivity index (χ2n) is 7.14. The monoisotopic (exact) mass is 496 g/mol. The molecule has 2 amide bonds. The number of nitrogens with zero attached hydrogens (tertiary/aromatic N) is 2. The van der Waals surface area contributed by atoms with Gasteiger partial charge in [-0.05, 0) is 66.2 Å². The molecule has 0 unspecified atom stereocenters. The van der Waals surface area contributed by atoms with Crippen molar-refractivity contribution >= 4 is 33.7 Å². The van der Waals surface area contributed by atoms with E-state index in [-0.39, 0.29) is 11.5 Å². The maximum Gasteiger partial charge on any atom is 0.264 e. The van der Waals surface area contributed by atoms with Crippen LogP contribution < -0.4 is 24.9 Å². The van der Waals surface area contributed by atoms with Crippen LogP contribution in [0.3, 0.4) is 0 Å². The van der Waals surface area contributed by atoms with Crippen LogP contribution in [0.1, 0.15) is 5.56 Å². The van der Waals surface area contributed by atoms with E-state index in [1.54, 1.807) is 54.6 Å². The number of sulfonamides is 1. The zero-order valence-corrected chi connectivity index (χ0v) is 19.6. The normalized spacial score (nSPS) is 11.1. The maximum atomic E-state index is 13.3. The molecule has 0 aromatic heterocycles. The molecule has 0 radical (unpaired) electrons. The van der Waals surface area contributed by atoms with Gasteiger partial charge in [0.05, 0.1) is 23.9 Å². The molecule has 0 saturated carbocycles. The molecule has 11 heteroatoms. The summed E-state index contributed by atoms with van der Waals surface area (Å²) in [5.74, 6) is -0.262. The van der Waals surface area contributed by atoms with Crippen molar-refractivity contribution in [1.82, 2.24) is 5.43 Å². The van der Waals surface area contributed by atoms with Crippen LogP contribution in [-0.2, 0) is 19.6 Å². The molecule has 0 aliphatic rings. The molecule has 3 rings (SSSR count). The van der Waals surface area contributed by atoms with Gasteiger partial charge in [0.25, 0.3) is 21.8 Å². The first-order valence-electron chi connectivity index (χ1n) is 10.3. The van der Waals surface area contributed by atoms with Crippen molar-refractivity contribution in [3.8, 4) is 11.5 Å². The molecular weight excluding hydrogens is 472 g/mol. The van der Waals surface area contributed by atoms with Crippen LogP contribution in [0.5, 0.6) is 11.5 Å². The lowest BCUT2D eigenvalue weighted by Gasteiger charge is -2.23. The molecule has 0 saturated heterocycles. The number of nitrogens with one attached hydrogen (secondary N) is 1. The van der Waals surface area contributed by atoms with Gasteiger partial charge in [0.1, 0.15) is 18.0 Å². The number of primary amides is 1. The summed E-state index contributed by atoms with van der Waals surface area (Å²) >= 11 is 0. The Bertz CT molecular complexity index is 1280. The third-order valence-corrected chi connectivity index (χ3v) is 6.43. The van der Waals surface area contributed by atoms with Gasteiger partial charge in [0, 0.05) is 0 Å². The summed E-state index contributed by atoms with van der Waals surface area (Å²) in [7, 11) is -2.57. The smallest absolute Gasteiger partial charge is 0.264 e. The fourth-order valence-corrected chi connectivity index (χ4v) is 4.35.